The molecule has 3 heterocycles. The minimum atomic E-state index is -2.63. The number of carbonyl (C=O) groups excluding carboxylic acids is 6. The number of phenolic OH excluding ortho intramolecular Hbond substituents is 16. The van der Waals surface area contributed by atoms with Crippen LogP contribution < -0.4 is 9.47 Å². The van der Waals surface area contributed by atoms with Crippen LogP contribution in [0.4, 0.5) is 0 Å². The van der Waals surface area contributed by atoms with Gasteiger partial charge in [-0.3, -0.25) is 0 Å². The molecule has 0 saturated carbocycles. The molecular weight excluding hydrogens is 1060 g/mol. The fraction of sp³-hybridized carbons (Fsp3) is 0.125. The number of cyclic esters (lactones) is 1. The summed E-state index contributed by atoms with van der Waals surface area (Å²) in [5, 5.41) is 168. The number of fused-ring (bicyclic) bond motifs is 6. The summed E-state index contributed by atoms with van der Waals surface area (Å²) in [4.78, 5) is 84.8. The molecule has 0 bridgehead atoms. The van der Waals surface area contributed by atoms with Gasteiger partial charge in [0.2, 0.25) is 35.4 Å². The molecule has 3 aliphatic rings. The Labute approximate surface area is 429 Å². The molecule has 6 aromatic carbocycles. The topological polar surface area (TPSA) is 500 Å². The largest absolute Gasteiger partial charge is 0.504 e. The lowest BCUT2D eigenvalue weighted by Crippen LogP contribution is -2.63. The molecule has 5 atom stereocenters. The number of rotatable bonds is 6. The smallest absolute Gasteiger partial charge is 0.347 e. The molecule has 1 fully saturated rings. The minimum Gasteiger partial charge on any atom is -0.504 e. The number of aromatic hydroxyl groups is 16. The first-order valence-electron chi connectivity index (χ1n) is 21.5. The van der Waals surface area contributed by atoms with Crippen molar-refractivity contribution in [2.45, 2.75) is 30.7 Å². The molecular formula is C48H32O30. The van der Waals surface area contributed by atoms with Gasteiger partial charge in [0.15, 0.2) is 98.5 Å². The minimum absolute atomic E-state index is 0.364. The molecule has 30 heteroatoms. The summed E-state index contributed by atoms with van der Waals surface area (Å²) in [5.41, 5.74) is -7.87. The van der Waals surface area contributed by atoms with Gasteiger partial charge in [0.1, 0.15) is 18.3 Å². The van der Waals surface area contributed by atoms with E-state index in [2.05, 4.69) is 0 Å². The highest BCUT2D eigenvalue weighted by atomic mass is 16.7. The number of hydrogen-bond donors (Lipinski definition) is 16. The Kier molecular flexibility index (Phi) is 12.5. The normalized spacial score (nSPS) is 18.5. The van der Waals surface area contributed by atoms with Crippen molar-refractivity contribution in [3.8, 4) is 120 Å². The summed E-state index contributed by atoms with van der Waals surface area (Å²) in [6, 6.07) is 4.64. The van der Waals surface area contributed by atoms with E-state index in [4.69, 9.17) is 37.9 Å². The Balaban J connectivity index is 1.24. The number of hydrogen-bond acceptors (Lipinski definition) is 30. The van der Waals surface area contributed by atoms with E-state index < -0.39 is 227 Å². The molecule has 1 saturated heterocycles. The number of esters is 6. The lowest BCUT2D eigenvalue weighted by Gasteiger charge is -2.43. The Hall–Kier alpha value is -11.3. The highest BCUT2D eigenvalue weighted by Crippen LogP contribution is 2.57. The van der Waals surface area contributed by atoms with Gasteiger partial charge in [-0.25, -0.2) is 28.8 Å². The highest BCUT2D eigenvalue weighted by Gasteiger charge is 2.55. The van der Waals surface area contributed by atoms with Gasteiger partial charge in [-0.2, -0.15) is 0 Å². The maximum Gasteiger partial charge on any atom is 0.347 e. The van der Waals surface area contributed by atoms with Crippen molar-refractivity contribution in [1.82, 2.24) is 0 Å². The standard InChI is InChI=1S/C48H32O30/c49-17-1-11(2-18(50)29(17)57)42(65)76-40-39-26(73-48(78-44(67)13-5-21(53)31(59)22(54)6-13)41(40)77-43(66)12-3-19(51)30(58)20(52)4-12)10-71-45(68)15-9-25-38(74-47(70)16-8-24(56)33(61)36(64)37(16)72-25)35(63)28(15)27-14(46(69)75-39)7-23(55)32(60)34(27)62/h1-9,26,39-41,48-64H,10H2/t26-,39-,40+,41-,48+/m1/s1. The first-order chi connectivity index (χ1) is 36.7. The Bertz CT molecular complexity index is 3570. The zero-order valence-electron chi connectivity index (χ0n) is 38.2. The van der Waals surface area contributed by atoms with Crippen LogP contribution in [-0.4, -0.2) is 155 Å². The van der Waals surface area contributed by atoms with E-state index >= 15 is 0 Å². The van der Waals surface area contributed by atoms with Crippen molar-refractivity contribution in [2.75, 3.05) is 6.61 Å². The van der Waals surface area contributed by atoms with Crippen LogP contribution in [0.1, 0.15) is 62.1 Å². The van der Waals surface area contributed by atoms with Gasteiger partial charge >= 0.3 is 35.8 Å². The molecule has 0 unspecified atom stereocenters. The van der Waals surface area contributed by atoms with Crippen LogP contribution in [0.3, 0.4) is 0 Å². The van der Waals surface area contributed by atoms with Crippen LogP contribution in [-0.2, 0) is 28.4 Å². The van der Waals surface area contributed by atoms with Crippen LogP contribution in [0.15, 0.2) is 54.6 Å². The Morgan fingerprint density at radius 3 is 1.35 bits per heavy atom. The highest BCUT2D eigenvalue weighted by molar-refractivity contribution is 6.09. The molecule has 16 N–H and O–H groups in total. The summed E-state index contributed by atoms with van der Waals surface area (Å²) in [5.74, 6) is -32.8. The van der Waals surface area contributed by atoms with Gasteiger partial charge in [0.05, 0.1) is 27.8 Å². The van der Waals surface area contributed by atoms with Gasteiger partial charge in [-0.05, 0) is 42.5 Å². The van der Waals surface area contributed by atoms with E-state index in [1.807, 2.05) is 0 Å². The number of carbonyl (C=O) groups is 6. The molecule has 30 nitrogen and oxygen atoms in total. The van der Waals surface area contributed by atoms with Gasteiger partial charge in [0.25, 0.3) is 0 Å². The average Bonchev–Trinajstić information content (AvgIpc) is 3.59. The van der Waals surface area contributed by atoms with E-state index in [9.17, 15) is 110 Å². The van der Waals surface area contributed by atoms with Gasteiger partial charge in [0, 0.05) is 23.3 Å². The summed E-state index contributed by atoms with van der Waals surface area (Å²) in [6.45, 7) is -1.36. The van der Waals surface area contributed by atoms with E-state index in [1.165, 1.54) is 0 Å². The molecule has 404 valence electrons. The fourth-order valence-electron chi connectivity index (χ4n) is 8.07. The first kappa shape index (κ1) is 51.6. The van der Waals surface area contributed by atoms with Gasteiger partial charge in [-0.1, -0.05) is 0 Å². The monoisotopic (exact) mass is 1090 g/mol. The predicted molar refractivity (Wildman–Crippen MR) is 241 cm³/mol. The molecule has 0 aliphatic carbocycles. The number of benzene rings is 6. The maximum atomic E-state index is 14.8. The number of phenols is 16. The SMILES string of the molecule is O=C(O[C@@H]1O[C@@H]2COC(=O)c3cc4c(c(O)c3-c3c(cc(O)c(O)c3O)C(=O)O[C@H]2[C@H](OC(=O)c2cc(O)c(O)c(O)c2)[C@H]1OC(=O)c1cc(O)c(O)c(O)c1)OC(=O)c1cc(O)c(O)c(O)c1O4)c1cc(O)c(O)c(O)c1. The molecule has 6 aromatic rings. The molecule has 9 rings (SSSR count). The van der Waals surface area contributed by atoms with Crippen molar-refractivity contribution in [2.24, 2.45) is 0 Å². The third-order valence-corrected chi connectivity index (χ3v) is 11.8. The molecule has 0 aromatic heterocycles. The summed E-state index contributed by atoms with van der Waals surface area (Å²) < 4.78 is 44.8. The van der Waals surface area contributed by atoms with Crippen molar-refractivity contribution >= 4 is 35.8 Å². The van der Waals surface area contributed by atoms with Crippen molar-refractivity contribution in [1.29, 1.82) is 0 Å². The zero-order chi connectivity index (χ0) is 56.7. The van der Waals surface area contributed by atoms with E-state index in [-0.39, 0.29) is 0 Å². The first-order valence-corrected chi connectivity index (χ1v) is 21.5. The van der Waals surface area contributed by atoms with E-state index in [0.717, 1.165) is 0 Å². The van der Waals surface area contributed by atoms with Crippen LogP contribution in [0.5, 0.6) is 109 Å². The summed E-state index contributed by atoms with van der Waals surface area (Å²) >= 11 is 0. The third-order valence-electron chi connectivity index (χ3n) is 11.8. The van der Waals surface area contributed by atoms with Crippen molar-refractivity contribution in [3.05, 3.63) is 88.0 Å². The van der Waals surface area contributed by atoms with Crippen LogP contribution in [0.2, 0.25) is 0 Å². The van der Waals surface area contributed by atoms with Gasteiger partial charge < -0.3 is 120 Å². The molecule has 3 aliphatic heterocycles. The van der Waals surface area contributed by atoms with E-state index in [1.54, 1.807) is 0 Å². The van der Waals surface area contributed by atoms with E-state index in [0.29, 0.717) is 54.6 Å². The summed E-state index contributed by atoms with van der Waals surface area (Å²) in [6.07, 6.45) is -12.6. The van der Waals surface area contributed by atoms with Gasteiger partial charge in [-0.15, -0.1) is 0 Å². The second-order valence-corrected chi connectivity index (χ2v) is 16.7. The molecule has 0 amide bonds. The molecule has 0 spiro atoms. The second kappa shape index (κ2) is 18.9. The third kappa shape index (κ3) is 8.70. The maximum absolute atomic E-state index is 14.8. The Morgan fingerprint density at radius 1 is 0.410 bits per heavy atom. The van der Waals surface area contributed by atoms with Crippen LogP contribution in [0.25, 0.3) is 11.1 Å². The van der Waals surface area contributed by atoms with Crippen molar-refractivity contribution in [3.63, 3.8) is 0 Å². The van der Waals surface area contributed by atoms with Crippen LogP contribution >= 0.6 is 0 Å². The van der Waals surface area contributed by atoms with Crippen LogP contribution in [0, 0.1) is 0 Å². The lowest BCUT2D eigenvalue weighted by molar-refractivity contribution is -0.282. The average molecular weight is 1090 g/mol. The number of ether oxygens (including phenoxy) is 8. The lowest BCUT2D eigenvalue weighted by atomic mass is 9.91. The second-order valence-electron chi connectivity index (χ2n) is 16.7. The predicted octanol–water partition coefficient (Wildman–Crippen LogP) is 2.70. The fourth-order valence-corrected chi connectivity index (χ4v) is 8.07. The van der Waals surface area contributed by atoms with Crippen molar-refractivity contribution < 1.29 is 148 Å². The zero-order valence-corrected chi connectivity index (χ0v) is 38.2. The summed E-state index contributed by atoms with van der Waals surface area (Å²) in [7, 11) is 0. The molecule has 0 radical (unpaired) electrons. The Morgan fingerprint density at radius 2 is 0.833 bits per heavy atom. The molecule has 78 heavy (non-hydrogen) atoms. The quantitative estimate of drug-likeness (QED) is 0.0493.